The van der Waals surface area contributed by atoms with Gasteiger partial charge in [0.2, 0.25) is 0 Å². The Bertz CT molecular complexity index is 423. The van der Waals surface area contributed by atoms with E-state index in [2.05, 4.69) is 10.6 Å². The number of aliphatic hydroxyl groups is 1. The zero-order valence-corrected chi connectivity index (χ0v) is 10.3. The Labute approximate surface area is 106 Å². The van der Waals surface area contributed by atoms with Crippen LogP contribution in [0.1, 0.15) is 25.3 Å². The molecule has 0 spiro atoms. The van der Waals surface area contributed by atoms with Gasteiger partial charge < -0.3 is 15.7 Å². The van der Waals surface area contributed by atoms with E-state index in [9.17, 15) is 9.90 Å². The molecule has 2 amide bonds. The van der Waals surface area contributed by atoms with Crippen LogP contribution in [0, 0.1) is 11.3 Å². The monoisotopic (exact) mass is 247 g/mol. The molecule has 0 heterocycles. The molecule has 0 radical (unpaired) electrons. The second-order valence-electron chi connectivity index (χ2n) is 3.92. The molecule has 18 heavy (non-hydrogen) atoms. The summed E-state index contributed by atoms with van der Waals surface area (Å²) in [6, 6.07) is 8.29. The van der Waals surface area contributed by atoms with Gasteiger partial charge in [-0.3, -0.25) is 0 Å². The van der Waals surface area contributed by atoms with Crippen molar-refractivity contribution >= 4 is 11.7 Å². The van der Waals surface area contributed by atoms with Crippen LogP contribution in [0.4, 0.5) is 10.5 Å². The van der Waals surface area contributed by atoms with Gasteiger partial charge in [0.25, 0.3) is 0 Å². The summed E-state index contributed by atoms with van der Waals surface area (Å²) in [5.41, 5.74) is 1.18. The average molecular weight is 247 g/mol. The van der Waals surface area contributed by atoms with Gasteiger partial charge in [-0.1, -0.05) is 6.92 Å². The lowest BCUT2D eigenvalue weighted by Crippen LogP contribution is -2.31. The molecular weight excluding hydrogens is 230 g/mol. The van der Waals surface area contributed by atoms with Crippen molar-refractivity contribution in [3.63, 3.8) is 0 Å². The van der Waals surface area contributed by atoms with Crippen LogP contribution in [0.2, 0.25) is 0 Å². The maximum Gasteiger partial charge on any atom is 0.319 e. The highest BCUT2D eigenvalue weighted by atomic mass is 16.3. The highest BCUT2D eigenvalue weighted by Crippen LogP contribution is 2.08. The molecule has 0 aliphatic heterocycles. The molecule has 1 rings (SSSR count). The Morgan fingerprint density at radius 1 is 1.44 bits per heavy atom. The molecule has 0 saturated heterocycles. The fourth-order valence-electron chi connectivity index (χ4n) is 1.36. The van der Waals surface area contributed by atoms with Crippen LogP contribution < -0.4 is 10.6 Å². The molecule has 0 saturated carbocycles. The number of benzene rings is 1. The fraction of sp³-hybridized carbons (Fsp3) is 0.385. The highest BCUT2D eigenvalue weighted by Gasteiger charge is 2.03. The number of anilines is 1. The van der Waals surface area contributed by atoms with Crippen LogP contribution in [0.5, 0.6) is 0 Å². The third kappa shape index (κ3) is 4.85. The Hall–Kier alpha value is -2.06. The molecule has 0 bridgehead atoms. The minimum atomic E-state index is -0.375. The van der Waals surface area contributed by atoms with Gasteiger partial charge in [-0.25, -0.2) is 4.79 Å². The van der Waals surface area contributed by atoms with Crippen LogP contribution in [0.15, 0.2) is 24.3 Å². The standard InChI is InChI=1S/C13H17N3O2/c1-2-12(17)7-8-15-13(18)16-11-5-3-10(9-14)4-6-11/h3-6,12,17H,2,7-8H2,1H3,(H2,15,16,18). The van der Waals surface area contributed by atoms with Gasteiger partial charge in [0.1, 0.15) is 0 Å². The Morgan fingerprint density at radius 3 is 2.67 bits per heavy atom. The molecule has 0 aliphatic carbocycles. The lowest BCUT2D eigenvalue weighted by Gasteiger charge is -2.10. The maximum absolute atomic E-state index is 11.5. The lowest BCUT2D eigenvalue weighted by molar-refractivity contribution is 0.160. The number of urea groups is 1. The first-order valence-electron chi connectivity index (χ1n) is 5.88. The van der Waals surface area contributed by atoms with E-state index in [1.54, 1.807) is 24.3 Å². The first-order valence-corrected chi connectivity index (χ1v) is 5.88. The molecule has 0 aromatic heterocycles. The van der Waals surface area contributed by atoms with Crippen LogP contribution >= 0.6 is 0 Å². The number of nitrogens with one attached hydrogen (secondary N) is 2. The first-order chi connectivity index (χ1) is 8.65. The van der Waals surface area contributed by atoms with Crippen molar-refractivity contribution in [3.8, 4) is 6.07 Å². The van der Waals surface area contributed by atoms with Gasteiger partial charge >= 0.3 is 6.03 Å². The molecular formula is C13H17N3O2. The Kier molecular flexibility index (Phi) is 5.68. The number of rotatable bonds is 5. The van der Waals surface area contributed by atoms with E-state index < -0.39 is 0 Å². The van der Waals surface area contributed by atoms with E-state index in [1.807, 2.05) is 13.0 Å². The van der Waals surface area contributed by atoms with Gasteiger partial charge in [0.05, 0.1) is 17.7 Å². The Balaban J connectivity index is 2.33. The molecule has 3 N–H and O–H groups in total. The number of carbonyl (C=O) groups is 1. The number of aliphatic hydroxyl groups excluding tert-OH is 1. The molecule has 0 aliphatic rings. The second kappa shape index (κ2) is 7.30. The Morgan fingerprint density at radius 2 is 2.11 bits per heavy atom. The second-order valence-corrected chi connectivity index (χ2v) is 3.92. The van der Waals surface area contributed by atoms with Crippen molar-refractivity contribution in [2.45, 2.75) is 25.9 Å². The van der Waals surface area contributed by atoms with Crippen molar-refractivity contribution < 1.29 is 9.90 Å². The highest BCUT2D eigenvalue weighted by molar-refractivity contribution is 5.89. The quantitative estimate of drug-likeness (QED) is 0.742. The summed E-state index contributed by atoms with van der Waals surface area (Å²) in [7, 11) is 0. The van der Waals surface area contributed by atoms with Crippen LogP contribution in [-0.4, -0.2) is 23.8 Å². The van der Waals surface area contributed by atoms with E-state index in [0.29, 0.717) is 30.6 Å². The smallest absolute Gasteiger partial charge is 0.319 e. The summed E-state index contributed by atoms with van der Waals surface area (Å²) in [6.07, 6.45) is 0.844. The third-order valence-corrected chi connectivity index (χ3v) is 2.51. The van der Waals surface area contributed by atoms with Gasteiger partial charge in [-0.05, 0) is 37.1 Å². The van der Waals surface area contributed by atoms with Crippen LogP contribution in [0.25, 0.3) is 0 Å². The predicted octanol–water partition coefficient (Wildman–Crippen LogP) is 1.84. The molecule has 5 heteroatoms. The van der Waals surface area contributed by atoms with Gasteiger partial charge in [0.15, 0.2) is 0 Å². The predicted molar refractivity (Wildman–Crippen MR) is 69.1 cm³/mol. The number of hydrogen-bond donors (Lipinski definition) is 3. The van der Waals surface area contributed by atoms with Crippen molar-refractivity contribution in [2.24, 2.45) is 0 Å². The number of amides is 2. The van der Waals surface area contributed by atoms with Crippen molar-refractivity contribution in [1.29, 1.82) is 5.26 Å². The first kappa shape index (κ1) is 14.0. The summed E-state index contributed by atoms with van der Waals surface area (Å²) in [4.78, 5) is 11.5. The summed E-state index contributed by atoms with van der Waals surface area (Å²) in [5, 5.41) is 23.2. The molecule has 1 aromatic carbocycles. The van der Waals surface area contributed by atoms with E-state index in [-0.39, 0.29) is 12.1 Å². The topological polar surface area (TPSA) is 85.2 Å². The van der Waals surface area contributed by atoms with E-state index in [0.717, 1.165) is 0 Å². The summed E-state index contributed by atoms with van der Waals surface area (Å²) < 4.78 is 0. The van der Waals surface area contributed by atoms with Gasteiger partial charge in [-0.2, -0.15) is 5.26 Å². The minimum absolute atomic E-state index is 0.317. The zero-order valence-electron chi connectivity index (χ0n) is 10.3. The number of nitriles is 1. The normalized spacial score (nSPS) is 11.4. The van der Waals surface area contributed by atoms with Crippen LogP contribution in [0.3, 0.4) is 0 Å². The molecule has 96 valence electrons. The number of nitrogens with zero attached hydrogens (tertiary/aromatic N) is 1. The maximum atomic E-state index is 11.5. The lowest BCUT2D eigenvalue weighted by atomic mass is 10.2. The summed E-state index contributed by atoms with van der Waals surface area (Å²) in [5.74, 6) is 0. The summed E-state index contributed by atoms with van der Waals surface area (Å²) in [6.45, 7) is 2.32. The molecule has 5 nitrogen and oxygen atoms in total. The average Bonchev–Trinajstić information content (AvgIpc) is 2.39. The van der Waals surface area contributed by atoms with E-state index in [4.69, 9.17) is 5.26 Å². The van der Waals surface area contributed by atoms with Gasteiger partial charge in [-0.15, -0.1) is 0 Å². The fourth-order valence-corrected chi connectivity index (χ4v) is 1.36. The zero-order chi connectivity index (χ0) is 13.4. The van der Waals surface area contributed by atoms with Crippen molar-refractivity contribution in [1.82, 2.24) is 5.32 Å². The van der Waals surface area contributed by atoms with E-state index >= 15 is 0 Å². The SMILES string of the molecule is CCC(O)CCNC(=O)Nc1ccc(C#N)cc1. The van der Waals surface area contributed by atoms with Crippen molar-refractivity contribution in [2.75, 3.05) is 11.9 Å². The minimum Gasteiger partial charge on any atom is -0.393 e. The number of hydrogen-bond acceptors (Lipinski definition) is 3. The van der Waals surface area contributed by atoms with E-state index in [1.165, 1.54) is 0 Å². The molecule has 1 aromatic rings. The largest absolute Gasteiger partial charge is 0.393 e. The van der Waals surface area contributed by atoms with Crippen molar-refractivity contribution in [3.05, 3.63) is 29.8 Å². The third-order valence-electron chi connectivity index (χ3n) is 2.51. The van der Waals surface area contributed by atoms with Crippen LogP contribution in [-0.2, 0) is 0 Å². The number of carbonyl (C=O) groups excluding carboxylic acids is 1. The molecule has 0 fully saturated rings. The molecule has 1 unspecified atom stereocenters. The molecule has 1 atom stereocenters. The van der Waals surface area contributed by atoms with Gasteiger partial charge in [0, 0.05) is 12.2 Å². The summed E-state index contributed by atoms with van der Waals surface area (Å²) >= 11 is 0.